The van der Waals surface area contributed by atoms with Crippen molar-refractivity contribution in [1.29, 1.82) is 0 Å². The van der Waals surface area contributed by atoms with Gasteiger partial charge >= 0.3 is 0 Å². The second-order valence-electron chi connectivity index (χ2n) is 4.65. The highest BCUT2D eigenvalue weighted by Crippen LogP contribution is 2.48. The largest absolute Gasteiger partial charge is 0.392 e. The number of rotatable bonds is 4. The van der Waals surface area contributed by atoms with E-state index in [0.717, 1.165) is 18.4 Å². The minimum Gasteiger partial charge on any atom is -0.392 e. The van der Waals surface area contributed by atoms with Gasteiger partial charge in [-0.25, -0.2) is 4.39 Å². The molecule has 1 saturated carbocycles. The first-order valence-corrected chi connectivity index (χ1v) is 5.77. The molecule has 0 heterocycles. The summed E-state index contributed by atoms with van der Waals surface area (Å²) in [7, 11) is 0. The summed E-state index contributed by atoms with van der Waals surface area (Å²) in [6, 6.07) is 6.06. The van der Waals surface area contributed by atoms with E-state index in [9.17, 15) is 9.18 Å². The molecule has 1 aliphatic rings. The van der Waals surface area contributed by atoms with Gasteiger partial charge in [0.2, 0.25) is 5.91 Å². The average molecular weight is 237 g/mol. The number of carbonyl (C=O) groups excluding carboxylic acids is 1. The normalized spacial score (nSPS) is 18.5. The molecule has 0 unspecified atom stereocenters. The van der Waals surface area contributed by atoms with Crippen molar-refractivity contribution in [3.63, 3.8) is 0 Å². The fraction of sp³-hybridized carbons (Fsp3) is 0.462. The van der Waals surface area contributed by atoms with E-state index in [0.29, 0.717) is 0 Å². The number of aliphatic hydroxyl groups is 1. The fourth-order valence-electron chi connectivity index (χ4n) is 1.95. The summed E-state index contributed by atoms with van der Waals surface area (Å²) in [5.41, 5.74) is 0.352. The molecular weight excluding hydrogens is 221 g/mol. The summed E-state index contributed by atoms with van der Waals surface area (Å²) in [4.78, 5) is 12.0. The Balaban J connectivity index is 2.08. The van der Waals surface area contributed by atoms with Crippen molar-refractivity contribution in [2.24, 2.45) is 0 Å². The number of hydrogen-bond donors (Lipinski definition) is 2. The van der Waals surface area contributed by atoms with E-state index in [1.54, 1.807) is 19.1 Å². The van der Waals surface area contributed by atoms with Gasteiger partial charge in [-0.2, -0.15) is 0 Å². The van der Waals surface area contributed by atoms with Crippen LogP contribution < -0.4 is 5.32 Å². The minimum absolute atomic E-state index is 0.0787. The fourth-order valence-corrected chi connectivity index (χ4v) is 1.95. The van der Waals surface area contributed by atoms with Crippen LogP contribution >= 0.6 is 0 Å². The van der Waals surface area contributed by atoms with Crippen LogP contribution in [0.15, 0.2) is 24.3 Å². The Morgan fingerprint density at radius 3 is 2.53 bits per heavy atom. The van der Waals surface area contributed by atoms with Crippen molar-refractivity contribution < 1.29 is 14.3 Å². The minimum atomic E-state index is -0.553. The van der Waals surface area contributed by atoms with Crippen LogP contribution in [-0.2, 0) is 10.2 Å². The van der Waals surface area contributed by atoms with E-state index in [1.807, 2.05) is 0 Å². The Morgan fingerprint density at radius 1 is 1.47 bits per heavy atom. The molecule has 92 valence electrons. The van der Waals surface area contributed by atoms with E-state index in [-0.39, 0.29) is 18.3 Å². The van der Waals surface area contributed by atoms with Gasteiger partial charge in [0.25, 0.3) is 0 Å². The molecule has 0 radical (unpaired) electrons. The van der Waals surface area contributed by atoms with Crippen LogP contribution in [0.25, 0.3) is 0 Å². The Hall–Kier alpha value is -1.42. The molecule has 0 aliphatic heterocycles. The van der Waals surface area contributed by atoms with Gasteiger partial charge in [-0.05, 0) is 37.5 Å². The van der Waals surface area contributed by atoms with Gasteiger partial charge in [-0.15, -0.1) is 0 Å². The van der Waals surface area contributed by atoms with Crippen molar-refractivity contribution in [3.05, 3.63) is 35.6 Å². The van der Waals surface area contributed by atoms with Crippen molar-refractivity contribution in [3.8, 4) is 0 Å². The Labute approximate surface area is 99.7 Å². The van der Waals surface area contributed by atoms with Crippen molar-refractivity contribution >= 4 is 5.91 Å². The van der Waals surface area contributed by atoms with Crippen molar-refractivity contribution in [2.75, 3.05) is 6.54 Å². The summed E-state index contributed by atoms with van der Waals surface area (Å²) in [6.45, 7) is 1.87. The van der Waals surface area contributed by atoms with Gasteiger partial charge in [0, 0.05) is 6.54 Å². The summed E-state index contributed by atoms with van der Waals surface area (Å²) in [5.74, 6) is -0.376. The van der Waals surface area contributed by atoms with E-state index in [2.05, 4.69) is 5.32 Å². The molecule has 4 heteroatoms. The van der Waals surface area contributed by atoms with Gasteiger partial charge in [-0.1, -0.05) is 12.1 Å². The molecule has 0 spiro atoms. The van der Waals surface area contributed by atoms with Crippen molar-refractivity contribution in [1.82, 2.24) is 5.32 Å². The SMILES string of the molecule is C[C@@H](O)CNC(=O)C1(c2ccc(F)cc2)CC1. The lowest BCUT2D eigenvalue weighted by Gasteiger charge is -2.16. The lowest BCUT2D eigenvalue weighted by Crippen LogP contribution is -2.38. The second kappa shape index (κ2) is 4.45. The molecule has 1 aromatic carbocycles. The van der Waals surface area contributed by atoms with Crippen LogP contribution in [-0.4, -0.2) is 23.7 Å². The highest BCUT2D eigenvalue weighted by atomic mass is 19.1. The van der Waals surface area contributed by atoms with Gasteiger partial charge in [0.05, 0.1) is 11.5 Å². The molecule has 0 saturated heterocycles. The lowest BCUT2D eigenvalue weighted by molar-refractivity contribution is -0.124. The maximum absolute atomic E-state index is 12.8. The quantitative estimate of drug-likeness (QED) is 0.830. The van der Waals surface area contributed by atoms with Crippen molar-refractivity contribution in [2.45, 2.75) is 31.3 Å². The summed E-state index contributed by atoms with van der Waals surface area (Å²) in [6.07, 6.45) is 1.01. The highest BCUT2D eigenvalue weighted by Gasteiger charge is 2.51. The smallest absolute Gasteiger partial charge is 0.230 e. The number of carbonyl (C=O) groups is 1. The number of halogens is 1. The van der Waals surface area contributed by atoms with Gasteiger partial charge in [0.15, 0.2) is 0 Å². The molecule has 0 aromatic heterocycles. The van der Waals surface area contributed by atoms with Crippen LogP contribution in [0.2, 0.25) is 0 Å². The van der Waals surface area contributed by atoms with E-state index in [4.69, 9.17) is 5.11 Å². The van der Waals surface area contributed by atoms with E-state index in [1.165, 1.54) is 12.1 Å². The number of aliphatic hydroxyl groups excluding tert-OH is 1. The van der Waals surface area contributed by atoms with Crippen LogP contribution in [0.1, 0.15) is 25.3 Å². The maximum atomic E-state index is 12.8. The highest BCUT2D eigenvalue weighted by molar-refractivity contribution is 5.91. The van der Waals surface area contributed by atoms with Crippen LogP contribution in [0.5, 0.6) is 0 Å². The first kappa shape index (κ1) is 12.0. The zero-order valence-electron chi connectivity index (χ0n) is 9.74. The lowest BCUT2D eigenvalue weighted by atomic mass is 9.95. The zero-order valence-corrected chi connectivity index (χ0v) is 9.74. The predicted octanol–water partition coefficient (Wildman–Crippen LogP) is 1.35. The zero-order chi connectivity index (χ0) is 12.5. The Kier molecular flexibility index (Phi) is 3.15. The first-order chi connectivity index (χ1) is 8.04. The second-order valence-corrected chi connectivity index (χ2v) is 4.65. The molecule has 0 bridgehead atoms. The molecule has 17 heavy (non-hydrogen) atoms. The molecule has 3 nitrogen and oxygen atoms in total. The molecule has 1 amide bonds. The number of benzene rings is 1. The Bertz CT molecular complexity index is 410. The maximum Gasteiger partial charge on any atom is 0.230 e. The van der Waals surface area contributed by atoms with Crippen LogP contribution in [0.4, 0.5) is 4.39 Å². The number of amides is 1. The summed E-state index contributed by atoms with van der Waals surface area (Å²) < 4.78 is 12.8. The molecule has 1 aromatic rings. The number of nitrogens with one attached hydrogen (secondary N) is 1. The average Bonchev–Trinajstić information content (AvgIpc) is 3.08. The summed E-state index contributed by atoms with van der Waals surface area (Å²) in [5, 5.41) is 11.8. The molecule has 1 aliphatic carbocycles. The Morgan fingerprint density at radius 2 is 2.06 bits per heavy atom. The third-order valence-electron chi connectivity index (χ3n) is 3.14. The standard InChI is InChI=1S/C13H16FNO2/c1-9(16)8-15-12(17)13(6-7-13)10-2-4-11(14)5-3-10/h2-5,9,16H,6-8H2,1H3,(H,15,17)/t9-/m1/s1. The van der Waals surface area contributed by atoms with E-state index >= 15 is 0 Å². The first-order valence-electron chi connectivity index (χ1n) is 5.77. The molecule has 2 N–H and O–H groups in total. The van der Waals surface area contributed by atoms with Gasteiger partial charge in [0.1, 0.15) is 5.82 Å². The monoisotopic (exact) mass is 237 g/mol. The number of hydrogen-bond acceptors (Lipinski definition) is 2. The van der Waals surface area contributed by atoms with Crippen LogP contribution in [0, 0.1) is 5.82 Å². The topological polar surface area (TPSA) is 49.3 Å². The molecule has 1 fully saturated rings. The third kappa shape index (κ3) is 2.47. The van der Waals surface area contributed by atoms with Gasteiger partial charge in [-0.3, -0.25) is 4.79 Å². The molecular formula is C13H16FNO2. The molecule has 2 rings (SSSR count). The van der Waals surface area contributed by atoms with E-state index < -0.39 is 11.5 Å². The van der Waals surface area contributed by atoms with Gasteiger partial charge < -0.3 is 10.4 Å². The van der Waals surface area contributed by atoms with Crippen LogP contribution in [0.3, 0.4) is 0 Å². The molecule has 1 atom stereocenters. The summed E-state index contributed by atoms with van der Waals surface area (Å²) >= 11 is 0. The predicted molar refractivity (Wildman–Crippen MR) is 62.0 cm³/mol. The third-order valence-corrected chi connectivity index (χ3v) is 3.14.